The van der Waals surface area contributed by atoms with E-state index >= 15 is 0 Å². The maximum Gasteiger partial charge on any atom is 0.242 e. The molecule has 0 amide bonds. The third-order valence-electron chi connectivity index (χ3n) is 3.56. The molecule has 2 rings (SSSR count). The van der Waals surface area contributed by atoms with Gasteiger partial charge in [-0.25, -0.2) is 0 Å². The van der Waals surface area contributed by atoms with Gasteiger partial charge in [0.2, 0.25) is 8.32 Å². The van der Waals surface area contributed by atoms with Crippen molar-refractivity contribution in [3.8, 4) is 11.5 Å². The standard InChI is InChI=1S/C20H31O3PS2Si2/c1-21-18-12-14-19(15-13-18)24(25,26-28(5,6)7)22-16-17-10-8-9-11-20(17)23-27(2,3)4/h8-15H,16H2,1-7H3. The second-order valence-corrected chi connectivity index (χ2v) is 28.7. The summed E-state index contributed by atoms with van der Waals surface area (Å²) in [5.74, 6) is 1.74. The van der Waals surface area contributed by atoms with Crippen LogP contribution in [0.4, 0.5) is 0 Å². The Morgan fingerprint density at radius 3 is 2.07 bits per heavy atom. The fourth-order valence-corrected chi connectivity index (χ4v) is 22.8. The van der Waals surface area contributed by atoms with Crippen molar-refractivity contribution in [1.29, 1.82) is 0 Å². The molecular weight excluding hydrogens is 439 g/mol. The minimum atomic E-state index is -2.25. The first-order chi connectivity index (χ1) is 12.9. The van der Waals surface area contributed by atoms with Crippen LogP contribution < -0.4 is 14.5 Å². The first kappa shape index (κ1) is 23.7. The summed E-state index contributed by atoms with van der Waals surface area (Å²) in [4.78, 5) is 0. The number of hydrogen-bond donors (Lipinski definition) is 0. The molecule has 0 aliphatic carbocycles. The number of ether oxygens (including phenoxy) is 1. The molecule has 2 aromatic carbocycles. The van der Waals surface area contributed by atoms with Crippen molar-refractivity contribution in [3.05, 3.63) is 54.1 Å². The number of benzene rings is 2. The van der Waals surface area contributed by atoms with Crippen molar-refractivity contribution < 1.29 is 13.7 Å². The summed E-state index contributed by atoms with van der Waals surface area (Å²) in [6.07, 6.45) is 0. The van der Waals surface area contributed by atoms with E-state index < -0.39 is 21.0 Å². The van der Waals surface area contributed by atoms with Gasteiger partial charge in [0.15, 0.2) is 0 Å². The summed E-state index contributed by atoms with van der Waals surface area (Å²) in [5.41, 5.74) is -1.19. The summed E-state index contributed by atoms with van der Waals surface area (Å²) >= 11 is 6.16. The Balaban J connectivity index is 2.30. The fraction of sp³-hybridized carbons (Fsp3) is 0.400. The summed E-state index contributed by atoms with van der Waals surface area (Å²) in [6.45, 7) is 14.0. The molecule has 3 nitrogen and oxygen atoms in total. The van der Waals surface area contributed by atoms with Gasteiger partial charge in [0.25, 0.3) is 0 Å². The van der Waals surface area contributed by atoms with Crippen molar-refractivity contribution in [1.82, 2.24) is 0 Å². The number of methoxy groups -OCH3 is 1. The van der Waals surface area contributed by atoms with Crippen LogP contribution in [-0.4, -0.2) is 22.7 Å². The Labute approximate surface area is 180 Å². The van der Waals surface area contributed by atoms with Crippen LogP contribution in [0.15, 0.2) is 48.5 Å². The third kappa shape index (κ3) is 7.36. The SMILES string of the molecule is COc1ccc(P(=S)(OCc2ccccc2O[Si](C)(C)C)S[Si](C)(C)C)cc1. The highest BCUT2D eigenvalue weighted by Gasteiger charge is 2.30. The summed E-state index contributed by atoms with van der Waals surface area (Å²) in [6, 6.07) is 16.2. The summed E-state index contributed by atoms with van der Waals surface area (Å²) < 4.78 is 18.1. The molecule has 0 saturated heterocycles. The molecule has 0 aromatic heterocycles. The molecule has 0 fully saturated rings. The minimum Gasteiger partial charge on any atom is -0.544 e. The van der Waals surface area contributed by atoms with Crippen molar-refractivity contribution >= 4 is 48.9 Å². The van der Waals surface area contributed by atoms with E-state index in [4.69, 9.17) is 25.5 Å². The molecule has 0 spiro atoms. The molecule has 8 heteroatoms. The van der Waals surface area contributed by atoms with Gasteiger partial charge in [-0.3, -0.25) is 0 Å². The summed E-state index contributed by atoms with van der Waals surface area (Å²) in [5, 5.41) is 1.08. The van der Waals surface area contributed by atoms with E-state index in [1.54, 1.807) is 7.11 Å². The Morgan fingerprint density at radius 2 is 1.54 bits per heavy atom. The van der Waals surface area contributed by atoms with Gasteiger partial charge in [0.1, 0.15) is 24.2 Å². The quantitative estimate of drug-likeness (QED) is 0.303. The van der Waals surface area contributed by atoms with E-state index in [-0.39, 0.29) is 0 Å². The minimum absolute atomic E-state index is 0.460. The maximum atomic E-state index is 6.52. The second kappa shape index (κ2) is 9.50. The molecular formula is C20H31O3PS2Si2. The molecule has 0 radical (unpaired) electrons. The Hall–Kier alpha value is -0.566. The van der Waals surface area contributed by atoms with E-state index in [1.165, 1.54) is 0 Å². The van der Waals surface area contributed by atoms with Crippen LogP contribution in [0.2, 0.25) is 39.3 Å². The average Bonchev–Trinajstić information content (AvgIpc) is 2.58. The lowest BCUT2D eigenvalue weighted by atomic mass is 10.2. The molecule has 0 heterocycles. The molecule has 154 valence electrons. The molecule has 0 N–H and O–H groups in total. The first-order valence-corrected chi connectivity index (χ1v) is 21.1. The number of para-hydroxylation sites is 1. The van der Waals surface area contributed by atoms with E-state index in [0.717, 1.165) is 22.4 Å². The molecule has 0 aliphatic rings. The van der Waals surface area contributed by atoms with Crippen LogP contribution >= 0.6 is 16.3 Å². The highest BCUT2D eigenvalue weighted by atomic mass is 33.0. The molecule has 1 unspecified atom stereocenters. The van der Waals surface area contributed by atoms with Gasteiger partial charge in [0, 0.05) is 10.9 Å². The van der Waals surface area contributed by atoms with Crippen LogP contribution in [0.25, 0.3) is 0 Å². The Bertz CT molecular complexity index is 831. The van der Waals surface area contributed by atoms with E-state index in [0.29, 0.717) is 6.61 Å². The smallest absolute Gasteiger partial charge is 0.242 e. The lowest BCUT2D eigenvalue weighted by molar-refractivity contribution is 0.346. The summed E-state index contributed by atoms with van der Waals surface area (Å²) in [7, 11) is 0.345. The molecule has 0 saturated carbocycles. The van der Waals surface area contributed by atoms with E-state index in [2.05, 4.69) is 57.5 Å². The molecule has 0 aliphatic heterocycles. The van der Waals surface area contributed by atoms with Gasteiger partial charge in [-0.1, -0.05) is 49.6 Å². The Kier molecular flexibility index (Phi) is 8.04. The van der Waals surface area contributed by atoms with Crippen LogP contribution in [0.5, 0.6) is 11.5 Å². The zero-order valence-electron chi connectivity index (χ0n) is 17.8. The van der Waals surface area contributed by atoms with Crippen molar-refractivity contribution in [3.63, 3.8) is 0 Å². The van der Waals surface area contributed by atoms with Gasteiger partial charge in [0.05, 0.1) is 13.7 Å². The van der Waals surface area contributed by atoms with Crippen molar-refractivity contribution in [2.24, 2.45) is 0 Å². The van der Waals surface area contributed by atoms with Crippen LogP contribution in [0.3, 0.4) is 0 Å². The monoisotopic (exact) mass is 470 g/mol. The van der Waals surface area contributed by atoms with Gasteiger partial charge in [-0.05, 0) is 50.0 Å². The van der Waals surface area contributed by atoms with Gasteiger partial charge in [-0.15, -0.1) is 10.8 Å². The fourth-order valence-electron chi connectivity index (χ4n) is 2.49. The van der Waals surface area contributed by atoms with Gasteiger partial charge >= 0.3 is 0 Å². The van der Waals surface area contributed by atoms with Gasteiger partial charge < -0.3 is 13.7 Å². The topological polar surface area (TPSA) is 27.7 Å². The van der Waals surface area contributed by atoms with Crippen LogP contribution in [0, 0.1) is 0 Å². The van der Waals surface area contributed by atoms with Crippen LogP contribution in [0.1, 0.15) is 5.56 Å². The second-order valence-electron chi connectivity index (χ2n) is 8.49. The zero-order valence-corrected chi connectivity index (χ0v) is 22.3. The average molecular weight is 471 g/mol. The highest BCUT2D eigenvalue weighted by molar-refractivity contribution is 8.82. The third-order valence-corrected chi connectivity index (χ3v) is 19.9. The van der Waals surface area contributed by atoms with Crippen molar-refractivity contribution in [2.45, 2.75) is 45.9 Å². The molecule has 0 bridgehead atoms. The first-order valence-electron chi connectivity index (χ1n) is 9.29. The maximum absolute atomic E-state index is 6.52. The number of hydrogen-bond acceptors (Lipinski definition) is 5. The predicted molar refractivity (Wildman–Crippen MR) is 133 cm³/mol. The van der Waals surface area contributed by atoms with Gasteiger partial charge in [-0.2, -0.15) is 0 Å². The molecule has 1 atom stereocenters. The normalized spacial score (nSPS) is 14.4. The molecule has 2 aromatic rings. The zero-order chi connectivity index (χ0) is 21.0. The Morgan fingerprint density at radius 1 is 0.929 bits per heavy atom. The number of rotatable bonds is 9. The van der Waals surface area contributed by atoms with E-state index in [9.17, 15) is 0 Å². The lowest BCUT2D eigenvalue weighted by Crippen LogP contribution is -2.29. The lowest BCUT2D eigenvalue weighted by Gasteiger charge is -2.29. The van der Waals surface area contributed by atoms with Crippen molar-refractivity contribution in [2.75, 3.05) is 7.11 Å². The molecule has 28 heavy (non-hydrogen) atoms. The highest BCUT2D eigenvalue weighted by Crippen LogP contribution is 2.63. The largest absolute Gasteiger partial charge is 0.544 e. The van der Waals surface area contributed by atoms with Crippen LogP contribution in [-0.2, 0) is 22.9 Å². The van der Waals surface area contributed by atoms with E-state index in [1.807, 2.05) is 41.2 Å². The predicted octanol–water partition coefficient (Wildman–Crippen LogP) is 6.63.